The number of nitrogens with zero attached hydrogens (tertiary/aromatic N) is 3. The van der Waals surface area contributed by atoms with Gasteiger partial charge in [0.2, 0.25) is 11.9 Å². The highest BCUT2D eigenvalue weighted by Gasteiger charge is 2.25. The van der Waals surface area contributed by atoms with E-state index in [4.69, 9.17) is 16.7 Å². The van der Waals surface area contributed by atoms with Crippen LogP contribution in [0.15, 0.2) is 36.5 Å². The molecule has 1 atom stereocenters. The number of halogens is 2. The standard InChI is InChI=1S/C21H23ClFN7O2/c22-15-11-25-21(28-20(15)27-18-9-17(29-30-18)13-1-2-13)26-16(10-19(32)24-7-8-31)12-3-5-14(23)6-4-12/h3-6,9,11,13,16,31H,1-2,7-8,10H2,(H,24,32)(H3,25,26,27,28,29,30)/t16-/m0/s1. The van der Waals surface area contributed by atoms with Crippen molar-refractivity contribution in [2.45, 2.75) is 31.2 Å². The molecule has 2 heterocycles. The van der Waals surface area contributed by atoms with Crippen LogP contribution in [-0.2, 0) is 4.79 Å². The average Bonchev–Trinajstić information content (AvgIpc) is 3.53. The van der Waals surface area contributed by atoms with Gasteiger partial charge in [-0.3, -0.25) is 9.89 Å². The van der Waals surface area contributed by atoms with Crippen molar-refractivity contribution in [2.24, 2.45) is 0 Å². The Hall–Kier alpha value is -3.24. The maximum Gasteiger partial charge on any atom is 0.225 e. The van der Waals surface area contributed by atoms with Crippen molar-refractivity contribution in [1.29, 1.82) is 0 Å². The number of nitrogens with one attached hydrogen (secondary N) is 4. The fourth-order valence-electron chi connectivity index (χ4n) is 3.21. The summed E-state index contributed by atoms with van der Waals surface area (Å²) in [4.78, 5) is 20.9. The summed E-state index contributed by atoms with van der Waals surface area (Å²) in [7, 11) is 0. The minimum Gasteiger partial charge on any atom is -0.395 e. The molecule has 32 heavy (non-hydrogen) atoms. The Bertz CT molecular complexity index is 1070. The number of anilines is 3. The Kier molecular flexibility index (Phi) is 6.81. The molecule has 0 unspecified atom stereocenters. The molecule has 0 spiro atoms. The van der Waals surface area contributed by atoms with Gasteiger partial charge in [0.15, 0.2) is 11.6 Å². The lowest BCUT2D eigenvalue weighted by Gasteiger charge is -2.19. The second kappa shape index (κ2) is 9.92. The van der Waals surface area contributed by atoms with Gasteiger partial charge in [-0.05, 0) is 30.5 Å². The molecule has 1 aromatic carbocycles. The van der Waals surface area contributed by atoms with E-state index in [9.17, 15) is 9.18 Å². The lowest BCUT2D eigenvalue weighted by molar-refractivity contribution is -0.121. The number of hydrogen-bond acceptors (Lipinski definition) is 7. The number of benzene rings is 1. The lowest BCUT2D eigenvalue weighted by atomic mass is 10.0. The van der Waals surface area contributed by atoms with E-state index in [0.29, 0.717) is 28.1 Å². The van der Waals surface area contributed by atoms with Gasteiger partial charge in [-0.15, -0.1) is 0 Å². The van der Waals surface area contributed by atoms with E-state index in [0.717, 1.165) is 18.5 Å². The molecule has 5 N–H and O–H groups in total. The van der Waals surface area contributed by atoms with Crippen LogP contribution in [0, 0.1) is 5.82 Å². The number of hydrogen-bond donors (Lipinski definition) is 5. The zero-order valence-corrected chi connectivity index (χ0v) is 17.9. The summed E-state index contributed by atoms with van der Waals surface area (Å²) in [6.45, 7) is -0.0155. The smallest absolute Gasteiger partial charge is 0.225 e. The molecule has 0 saturated heterocycles. The van der Waals surface area contributed by atoms with Crippen molar-refractivity contribution < 1.29 is 14.3 Å². The summed E-state index contributed by atoms with van der Waals surface area (Å²) >= 11 is 6.26. The maximum atomic E-state index is 13.4. The number of aliphatic hydroxyl groups excluding tert-OH is 1. The first-order valence-corrected chi connectivity index (χ1v) is 10.6. The number of H-pyrrole nitrogens is 1. The molecule has 0 radical (unpaired) electrons. The molecule has 0 bridgehead atoms. The van der Waals surface area contributed by atoms with Gasteiger partial charge in [0.25, 0.3) is 0 Å². The van der Waals surface area contributed by atoms with Crippen LogP contribution in [0.1, 0.15) is 42.5 Å². The normalized spacial score (nSPS) is 14.1. The van der Waals surface area contributed by atoms with Crippen LogP contribution in [0.25, 0.3) is 0 Å². The Morgan fingerprint density at radius 2 is 2.09 bits per heavy atom. The molecule has 3 aromatic rings. The lowest BCUT2D eigenvalue weighted by Crippen LogP contribution is -2.29. The van der Waals surface area contributed by atoms with Gasteiger partial charge in [0.05, 0.1) is 25.3 Å². The molecule has 0 aliphatic heterocycles. The molecule has 1 fully saturated rings. The van der Waals surface area contributed by atoms with E-state index >= 15 is 0 Å². The van der Waals surface area contributed by atoms with Crippen molar-refractivity contribution >= 4 is 35.1 Å². The molecule has 2 aromatic heterocycles. The topological polar surface area (TPSA) is 128 Å². The average molecular weight is 460 g/mol. The van der Waals surface area contributed by atoms with Gasteiger partial charge >= 0.3 is 0 Å². The third-order valence-corrected chi connectivity index (χ3v) is 5.28. The van der Waals surface area contributed by atoms with Gasteiger partial charge in [-0.1, -0.05) is 23.7 Å². The zero-order valence-electron chi connectivity index (χ0n) is 17.1. The number of aromatic nitrogens is 4. The SMILES string of the molecule is O=C(C[C@H](Nc1ncc(Cl)c(Nc2cc(C3CC3)[nH]n2)n1)c1ccc(F)cc1)NCCO. The van der Waals surface area contributed by atoms with Crippen LogP contribution in [0.3, 0.4) is 0 Å². The van der Waals surface area contributed by atoms with E-state index in [1.165, 1.54) is 18.3 Å². The Morgan fingerprint density at radius 3 is 2.81 bits per heavy atom. The van der Waals surface area contributed by atoms with Crippen molar-refractivity contribution in [2.75, 3.05) is 23.8 Å². The summed E-state index contributed by atoms with van der Waals surface area (Å²) in [5.74, 6) is 1.06. The molecule has 1 amide bonds. The molecule has 1 saturated carbocycles. The van der Waals surface area contributed by atoms with Gasteiger partial charge in [-0.2, -0.15) is 10.1 Å². The first-order chi connectivity index (χ1) is 15.5. The highest BCUT2D eigenvalue weighted by atomic mass is 35.5. The van der Waals surface area contributed by atoms with E-state index < -0.39 is 6.04 Å². The van der Waals surface area contributed by atoms with Crippen LogP contribution in [-0.4, -0.2) is 44.3 Å². The minimum absolute atomic E-state index is 0.0322. The highest BCUT2D eigenvalue weighted by Crippen LogP contribution is 2.39. The fourth-order valence-corrected chi connectivity index (χ4v) is 3.34. The summed E-state index contributed by atoms with van der Waals surface area (Å²) in [6.07, 6.45) is 3.78. The second-order valence-electron chi connectivity index (χ2n) is 7.52. The van der Waals surface area contributed by atoms with Gasteiger partial charge in [-0.25, -0.2) is 9.37 Å². The highest BCUT2D eigenvalue weighted by molar-refractivity contribution is 6.32. The van der Waals surface area contributed by atoms with E-state index in [2.05, 4.69) is 36.1 Å². The monoisotopic (exact) mass is 459 g/mol. The van der Waals surface area contributed by atoms with Crippen molar-refractivity contribution in [1.82, 2.24) is 25.5 Å². The number of aromatic amines is 1. The minimum atomic E-state index is -0.532. The van der Waals surface area contributed by atoms with Gasteiger partial charge in [0, 0.05) is 24.2 Å². The third kappa shape index (κ3) is 5.71. The molecular formula is C21H23ClFN7O2. The predicted octanol–water partition coefficient (Wildman–Crippen LogP) is 3.27. The Labute approximate surface area is 188 Å². The Morgan fingerprint density at radius 1 is 1.31 bits per heavy atom. The number of carbonyl (C=O) groups is 1. The summed E-state index contributed by atoms with van der Waals surface area (Å²) in [5, 5.41) is 25.3. The van der Waals surface area contributed by atoms with Gasteiger partial charge in [0.1, 0.15) is 10.8 Å². The molecule has 1 aliphatic rings. The first-order valence-electron chi connectivity index (χ1n) is 10.3. The van der Waals surface area contributed by atoms with Crippen molar-refractivity contribution in [3.8, 4) is 0 Å². The predicted molar refractivity (Wildman–Crippen MR) is 118 cm³/mol. The molecular weight excluding hydrogens is 437 g/mol. The summed E-state index contributed by atoms with van der Waals surface area (Å²) in [5.41, 5.74) is 1.75. The summed E-state index contributed by atoms with van der Waals surface area (Å²) in [6, 6.07) is 7.21. The summed E-state index contributed by atoms with van der Waals surface area (Å²) < 4.78 is 13.4. The molecule has 9 nitrogen and oxygen atoms in total. The number of amides is 1. The van der Waals surface area contributed by atoms with E-state index in [1.54, 1.807) is 12.1 Å². The van der Waals surface area contributed by atoms with Crippen LogP contribution in [0.4, 0.5) is 22.0 Å². The quantitative estimate of drug-likeness (QED) is 0.315. The third-order valence-electron chi connectivity index (χ3n) is 5.00. The number of carbonyl (C=O) groups excluding carboxylic acids is 1. The zero-order chi connectivity index (χ0) is 22.5. The molecule has 1 aliphatic carbocycles. The van der Waals surface area contributed by atoms with E-state index in [-0.39, 0.29) is 37.2 Å². The fraction of sp³-hybridized carbons (Fsp3) is 0.333. The first kappa shape index (κ1) is 22.0. The van der Waals surface area contributed by atoms with Crippen LogP contribution in [0.2, 0.25) is 5.02 Å². The molecule has 4 rings (SSSR count). The van der Waals surface area contributed by atoms with Crippen LogP contribution < -0.4 is 16.0 Å². The van der Waals surface area contributed by atoms with Crippen LogP contribution >= 0.6 is 11.6 Å². The second-order valence-corrected chi connectivity index (χ2v) is 7.93. The van der Waals surface area contributed by atoms with Crippen molar-refractivity contribution in [3.63, 3.8) is 0 Å². The molecule has 11 heteroatoms. The van der Waals surface area contributed by atoms with Crippen LogP contribution in [0.5, 0.6) is 0 Å². The van der Waals surface area contributed by atoms with Gasteiger partial charge < -0.3 is 21.1 Å². The Balaban J connectivity index is 1.51. The molecule has 168 valence electrons. The number of aliphatic hydroxyl groups is 1. The largest absolute Gasteiger partial charge is 0.395 e. The van der Waals surface area contributed by atoms with Crippen molar-refractivity contribution in [3.05, 3.63) is 58.6 Å². The van der Waals surface area contributed by atoms with E-state index in [1.807, 2.05) is 6.07 Å². The maximum absolute atomic E-state index is 13.4. The number of rotatable bonds is 10.